The van der Waals surface area contributed by atoms with Gasteiger partial charge < -0.3 is 20.1 Å². The van der Waals surface area contributed by atoms with Gasteiger partial charge in [0.2, 0.25) is 0 Å². The first kappa shape index (κ1) is 14.1. The number of rotatable bonds is 6. The number of urea groups is 1. The molecule has 0 aromatic carbocycles. The van der Waals surface area contributed by atoms with Gasteiger partial charge in [-0.2, -0.15) is 0 Å². The van der Waals surface area contributed by atoms with Gasteiger partial charge >= 0.3 is 12.0 Å². The zero-order chi connectivity index (χ0) is 13.9. The monoisotopic (exact) mass is 270 g/mol. The molecule has 0 bridgehead atoms. The van der Waals surface area contributed by atoms with E-state index < -0.39 is 11.4 Å². The highest BCUT2D eigenvalue weighted by Gasteiger charge is 2.50. The first-order valence-corrected chi connectivity index (χ1v) is 6.95. The summed E-state index contributed by atoms with van der Waals surface area (Å²) in [6.45, 7) is 4.10. The van der Waals surface area contributed by atoms with E-state index in [0.29, 0.717) is 25.9 Å². The van der Waals surface area contributed by atoms with Gasteiger partial charge in [-0.15, -0.1) is 0 Å². The third kappa shape index (κ3) is 3.37. The molecule has 108 valence electrons. The summed E-state index contributed by atoms with van der Waals surface area (Å²) in [5.74, 6) is -0.810. The van der Waals surface area contributed by atoms with E-state index in [9.17, 15) is 9.59 Å². The Kier molecular flexibility index (Phi) is 4.29. The van der Waals surface area contributed by atoms with Crippen LogP contribution >= 0.6 is 0 Å². The summed E-state index contributed by atoms with van der Waals surface area (Å²) in [6, 6.07) is -0.189. The molecule has 2 aliphatic rings. The molecule has 6 nitrogen and oxygen atoms in total. The van der Waals surface area contributed by atoms with Crippen LogP contribution in [0.1, 0.15) is 32.6 Å². The van der Waals surface area contributed by atoms with Crippen LogP contribution in [0.5, 0.6) is 0 Å². The second kappa shape index (κ2) is 5.77. The molecule has 0 aromatic heterocycles. The molecule has 6 heteroatoms. The maximum absolute atomic E-state index is 12.0. The number of ether oxygens (including phenoxy) is 1. The van der Waals surface area contributed by atoms with E-state index in [-0.39, 0.29) is 18.7 Å². The van der Waals surface area contributed by atoms with Gasteiger partial charge in [0.05, 0.1) is 11.5 Å². The van der Waals surface area contributed by atoms with Gasteiger partial charge in [-0.25, -0.2) is 4.79 Å². The molecule has 1 heterocycles. The molecule has 2 fully saturated rings. The van der Waals surface area contributed by atoms with Crippen molar-refractivity contribution in [2.45, 2.75) is 38.7 Å². The van der Waals surface area contributed by atoms with Crippen LogP contribution in [-0.2, 0) is 9.53 Å². The summed E-state index contributed by atoms with van der Waals surface area (Å²) in [4.78, 5) is 24.7. The van der Waals surface area contributed by atoms with Gasteiger partial charge in [-0.05, 0) is 32.6 Å². The van der Waals surface area contributed by atoms with Crippen LogP contribution in [-0.4, -0.2) is 54.4 Å². The lowest BCUT2D eigenvalue weighted by atomic mass is 10.1. The van der Waals surface area contributed by atoms with Crippen LogP contribution in [0.25, 0.3) is 0 Å². The number of carboxylic acids is 1. The zero-order valence-corrected chi connectivity index (χ0v) is 11.4. The fourth-order valence-electron chi connectivity index (χ4n) is 2.36. The molecule has 2 amide bonds. The van der Waals surface area contributed by atoms with E-state index >= 15 is 0 Å². The Bertz CT molecular complexity index is 349. The highest BCUT2D eigenvalue weighted by atomic mass is 16.5. The number of likely N-dealkylation sites (N-methyl/N-ethyl adjacent to an activating group) is 1. The SMILES string of the molecule is CCN(CC1CCCO1)C(=O)NCC1(C(=O)O)CC1. The Balaban J connectivity index is 1.78. The average Bonchev–Trinajstić information content (AvgIpc) is 3.02. The molecule has 1 aliphatic heterocycles. The van der Waals surface area contributed by atoms with E-state index in [1.807, 2.05) is 6.92 Å². The van der Waals surface area contributed by atoms with Gasteiger partial charge in [0.15, 0.2) is 0 Å². The summed E-state index contributed by atoms with van der Waals surface area (Å²) in [5.41, 5.74) is -0.709. The normalized spacial score (nSPS) is 23.9. The Morgan fingerprint density at radius 1 is 1.47 bits per heavy atom. The number of aliphatic carboxylic acids is 1. The summed E-state index contributed by atoms with van der Waals surface area (Å²) in [7, 11) is 0. The highest BCUT2D eigenvalue weighted by Crippen LogP contribution is 2.45. The topological polar surface area (TPSA) is 78.9 Å². The molecular weight excluding hydrogens is 248 g/mol. The number of carbonyl (C=O) groups excluding carboxylic acids is 1. The summed E-state index contributed by atoms with van der Waals surface area (Å²) >= 11 is 0. The molecule has 2 rings (SSSR count). The minimum absolute atomic E-state index is 0.125. The van der Waals surface area contributed by atoms with Gasteiger partial charge in [-0.1, -0.05) is 0 Å². The maximum Gasteiger partial charge on any atom is 0.317 e. The number of carboxylic acid groups (broad SMARTS) is 1. The molecule has 0 aromatic rings. The number of nitrogens with zero attached hydrogens (tertiary/aromatic N) is 1. The smallest absolute Gasteiger partial charge is 0.317 e. The third-order valence-corrected chi connectivity index (χ3v) is 4.00. The largest absolute Gasteiger partial charge is 0.481 e. The second-order valence-corrected chi connectivity index (χ2v) is 5.42. The Morgan fingerprint density at radius 2 is 2.21 bits per heavy atom. The fourth-order valence-corrected chi connectivity index (χ4v) is 2.36. The molecule has 1 saturated heterocycles. The fraction of sp³-hybridized carbons (Fsp3) is 0.846. The molecule has 19 heavy (non-hydrogen) atoms. The number of carbonyl (C=O) groups is 2. The zero-order valence-electron chi connectivity index (χ0n) is 11.4. The van der Waals surface area contributed by atoms with Crippen molar-refractivity contribution in [3.8, 4) is 0 Å². The summed E-state index contributed by atoms with van der Waals surface area (Å²) < 4.78 is 5.52. The van der Waals surface area contributed by atoms with Crippen molar-refractivity contribution < 1.29 is 19.4 Å². The Morgan fingerprint density at radius 3 is 2.68 bits per heavy atom. The van der Waals surface area contributed by atoms with Crippen molar-refractivity contribution in [1.82, 2.24) is 10.2 Å². The van der Waals surface area contributed by atoms with E-state index in [2.05, 4.69) is 5.32 Å². The average molecular weight is 270 g/mol. The van der Waals surface area contributed by atoms with Gasteiger partial charge in [-0.3, -0.25) is 4.79 Å². The predicted molar refractivity (Wildman–Crippen MR) is 68.9 cm³/mol. The molecule has 1 aliphatic carbocycles. The molecular formula is C13H22N2O4. The van der Waals surface area contributed by atoms with Crippen LogP contribution in [0.15, 0.2) is 0 Å². The van der Waals surface area contributed by atoms with Gasteiger partial charge in [0.25, 0.3) is 0 Å². The van der Waals surface area contributed by atoms with Crippen molar-refractivity contribution >= 4 is 12.0 Å². The van der Waals surface area contributed by atoms with Gasteiger partial charge in [0.1, 0.15) is 0 Å². The van der Waals surface area contributed by atoms with Crippen molar-refractivity contribution in [2.75, 3.05) is 26.2 Å². The third-order valence-electron chi connectivity index (χ3n) is 4.00. The van der Waals surface area contributed by atoms with Crippen LogP contribution in [0, 0.1) is 5.41 Å². The maximum atomic E-state index is 12.0. The molecule has 2 N–H and O–H groups in total. The van der Waals surface area contributed by atoms with Gasteiger partial charge in [0, 0.05) is 26.2 Å². The summed E-state index contributed by atoms with van der Waals surface area (Å²) in [6.07, 6.45) is 3.47. The van der Waals surface area contributed by atoms with E-state index in [1.54, 1.807) is 4.90 Å². The predicted octanol–water partition coefficient (Wildman–Crippen LogP) is 1.06. The molecule has 1 atom stereocenters. The lowest BCUT2D eigenvalue weighted by Crippen LogP contribution is -2.46. The Labute approximate surface area is 113 Å². The highest BCUT2D eigenvalue weighted by molar-refractivity contribution is 5.80. The summed E-state index contributed by atoms with van der Waals surface area (Å²) in [5, 5.41) is 11.8. The van der Waals surface area contributed by atoms with E-state index in [1.165, 1.54) is 0 Å². The first-order valence-electron chi connectivity index (χ1n) is 6.95. The Hall–Kier alpha value is -1.30. The minimum Gasteiger partial charge on any atom is -0.481 e. The van der Waals surface area contributed by atoms with E-state index in [4.69, 9.17) is 9.84 Å². The number of amides is 2. The molecule has 0 radical (unpaired) electrons. The number of nitrogens with one attached hydrogen (secondary N) is 1. The van der Waals surface area contributed by atoms with Crippen molar-refractivity contribution in [3.05, 3.63) is 0 Å². The second-order valence-electron chi connectivity index (χ2n) is 5.42. The molecule has 0 spiro atoms. The standard InChI is InChI=1S/C13H22N2O4/c1-2-15(8-10-4-3-7-19-10)12(18)14-9-13(5-6-13)11(16)17/h10H,2-9H2,1H3,(H,14,18)(H,16,17). The molecule has 1 unspecified atom stereocenters. The van der Waals surface area contributed by atoms with E-state index in [0.717, 1.165) is 19.4 Å². The van der Waals surface area contributed by atoms with Crippen LogP contribution < -0.4 is 5.32 Å². The van der Waals surface area contributed by atoms with Crippen molar-refractivity contribution in [2.24, 2.45) is 5.41 Å². The molecule has 1 saturated carbocycles. The minimum atomic E-state index is -0.810. The number of hydrogen-bond donors (Lipinski definition) is 2. The quantitative estimate of drug-likeness (QED) is 0.756. The number of hydrogen-bond acceptors (Lipinski definition) is 3. The van der Waals surface area contributed by atoms with Crippen molar-refractivity contribution in [1.29, 1.82) is 0 Å². The lowest BCUT2D eigenvalue weighted by molar-refractivity contribution is -0.143. The van der Waals surface area contributed by atoms with Crippen LogP contribution in [0.3, 0.4) is 0 Å². The first-order chi connectivity index (χ1) is 9.07. The van der Waals surface area contributed by atoms with Crippen LogP contribution in [0.4, 0.5) is 4.79 Å². The van der Waals surface area contributed by atoms with Crippen molar-refractivity contribution in [3.63, 3.8) is 0 Å². The lowest BCUT2D eigenvalue weighted by Gasteiger charge is -2.25. The van der Waals surface area contributed by atoms with Crippen LogP contribution in [0.2, 0.25) is 0 Å².